The van der Waals surface area contributed by atoms with Gasteiger partial charge in [-0.05, 0) is 43.9 Å². The zero-order valence-corrected chi connectivity index (χ0v) is 20.0. The fourth-order valence-electron chi connectivity index (χ4n) is 4.49. The first-order valence-electron chi connectivity index (χ1n) is 11.7. The van der Waals surface area contributed by atoms with Crippen molar-refractivity contribution in [2.75, 3.05) is 6.54 Å². The number of hydrogen-bond acceptors (Lipinski definition) is 4. The number of pyridine rings is 1. The minimum absolute atomic E-state index is 0.130. The van der Waals surface area contributed by atoms with Gasteiger partial charge in [-0.3, -0.25) is 14.7 Å². The number of aromatic nitrogens is 1. The number of alkyl halides is 3. The maximum absolute atomic E-state index is 14.3. The lowest BCUT2D eigenvalue weighted by Gasteiger charge is -2.35. The van der Waals surface area contributed by atoms with Gasteiger partial charge < -0.3 is 10.1 Å². The molecule has 2 aliphatic rings. The van der Waals surface area contributed by atoms with Gasteiger partial charge in [0.25, 0.3) is 0 Å². The smallest absolute Gasteiger partial charge is 0.411 e. The Balaban J connectivity index is 1.54. The molecule has 2 heterocycles. The Hall–Kier alpha value is -3.10. The van der Waals surface area contributed by atoms with Crippen LogP contribution in [0.3, 0.4) is 0 Å². The summed E-state index contributed by atoms with van der Waals surface area (Å²) in [5.41, 5.74) is 1.20. The Morgan fingerprint density at radius 3 is 2.40 bits per heavy atom. The van der Waals surface area contributed by atoms with Crippen LogP contribution in [-0.4, -0.2) is 52.2 Å². The predicted octanol–water partition coefficient (Wildman–Crippen LogP) is 5.15. The van der Waals surface area contributed by atoms with Gasteiger partial charge in [-0.1, -0.05) is 36.4 Å². The van der Waals surface area contributed by atoms with Gasteiger partial charge in [0.1, 0.15) is 17.8 Å². The molecule has 35 heavy (non-hydrogen) atoms. The molecule has 2 aromatic rings. The molecule has 9 heteroatoms. The molecule has 1 N–H and O–H groups in total. The third-order valence-electron chi connectivity index (χ3n) is 6.27. The molecule has 2 unspecified atom stereocenters. The summed E-state index contributed by atoms with van der Waals surface area (Å²) in [7, 11) is 0. The van der Waals surface area contributed by atoms with E-state index in [1.165, 1.54) is 0 Å². The van der Waals surface area contributed by atoms with Crippen molar-refractivity contribution < 1.29 is 27.5 Å². The first-order valence-corrected chi connectivity index (χ1v) is 11.7. The molecule has 0 bridgehead atoms. The Morgan fingerprint density at radius 2 is 1.83 bits per heavy atom. The van der Waals surface area contributed by atoms with E-state index in [-0.39, 0.29) is 31.7 Å². The summed E-state index contributed by atoms with van der Waals surface area (Å²) in [4.78, 5) is 31.5. The quantitative estimate of drug-likeness (QED) is 0.631. The maximum Gasteiger partial charge on any atom is 0.411 e. The van der Waals surface area contributed by atoms with Crippen LogP contribution in [0.25, 0.3) is 0 Å². The first-order chi connectivity index (χ1) is 16.4. The average Bonchev–Trinajstić information content (AvgIpc) is 3.17. The number of ether oxygens (including phenoxy) is 1. The molecular formula is C26H30F3N3O3. The minimum Gasteiger partial charge on any atom is -0.444 e. The highest BCUT2D eigenvalue weighted by atomic mass is 19.3. The lowest BCUT2D eigenvalue weighted by atomic mass is 9.77. The number of halogens is 3. The van der Waals surface area contributed by atoms with Crippen LogP contribution in [0, 0.1) is 0 Å². The van der Waals surface area contributed by atoms with E-state index in [1.54, 1.807) is 39.1 Å². The number of hydrogen-bond donors (Lipinski definition) is 1. The SMILES string of the molecule is CC(C)(C)OC(=O)N1CC(F)C[C@@H]1C(=O)NC(c1ccccc1)c1ccc(C2CC(F)(F)C2)cn1. The topological polar surface area (TPSA) is 71.5 Å². The summed E-state index contributed by atoms with van der Waals surface area (Å²) in [6.07, 6.45) is -1.04. The van der Waals surface area contributed by atoms with E-state index in [9.17, 15) is 22.8 Å². The van der Waals surface area contributed by atoms with Gasteiger partial charge in [-0.15, -0.1) is 0 Å². The van der Waals surface area contributed by atoms with Crippen molar-refractivity contribution in [3.8, 4) is 0 Å². The molecule has 1 saturated carbocycles. The predicted molar refractivity (Wildman–Crippen MR) is 124 cm³/mol. The third-order valence-corrected chi connectivity index (χ3v) is 6.27. The van der Waals surface area contributed by atoms with E-state index >= 15 is 0 Å². The van der Waals surface area contributed by atoms with E-state index in [1.807, 2.05) is 30.3 Å². The summed E-state index contributed by atoms with van der Waals surface area (Å²) >= 11 is 0. The second-order valence-electron chi connectivity index (χ2n) is 10.3. The monoisotopic (exact) mass is 489 g/mol. The van der Waals surface area contributed by atoms with Crippen molar-refractivity contribution in [3.63, 3.8) is 0 Å². The van der Waals surface area contributed by atoms with Crippen LogP contribution in [0.15, 0.2) is 48.7 Å². The lowest BCUT2D eigenvalue weighted by molar-refractivity contribution is -0.126. The number of rotatable bonds is 5. The number of likely N-dealkylation sites (tertiary alicyclic amines) is 1. The van der Waals surface area contributed by atoms with Crippen molar-refractivity contribution in [3.05, 3.63) is 65.5 Å². The van der Waals surface area contributed by atoms with Crippen molar-refractivity contribution in [1.82, 2.24) is 15.2 Å². The average molecular weight is 490 g/mol. The molecule has 188 valence electrons. The summed E-state index contributed by atoms with van der Waals surface area (Å²) in [5.74, 6) is -3.38. The Kier molecular flexibility index (Phi) is 6.79. The zero-order chi connectivity index (χ0) is 25.4. The molecule has 1 aromatic carbocycles. The molecule has 1 aliphatic carbocycles. The first kappa shape index (κ1) is 25.0. The van der Waals surface area contributed by atoms with Gasteiger partial charge >= 0.3 is 6.09 Å². The molecule has 0 spiro atoms. The molecule has 4 rings (SSSR count). The van der Waals surface area contributed by atoms with Gasteiger partial charge in [0, 0.05) is 25.5 Å². The lowest BCUT2D eigenvalue weighted by Crippen LogP contribution is -2.48. The Labute approximate surface area is 202 Å². The molecule has 1 saturated heterocycles. The van der Waals surface area contributed by atoms with Gasteiger partial charge in [-0.25, -0.2) is 18.0 Å². The minimum atomic E-state index is -2.63. The number of carbonyl (C=O) groups is 2. The molecular weight excluding hydrogens is 459 g/mol. The molecule has 2 amide bonds. The van der Waals surface area contributed by atoms with Crippen LogP contribution < -0.4 is 5.32 Å². The molecule has 3 atom stereocenters. The molecule has 0 radical (unpaired) electrons. The van der Waals surface area contributed by atoms with E-state index in [4.69, 9.17) is 4.74 Å². The van der Waals surface area contributed by atoms with E-state index in [0.717, 1.165) is 16.0 Å². The van der Waals surface area contributed by atoms with Gasteiger partial charge in [-0.2, -0.15) is 0 Å². The van der Waals surface area contributed by atoms with Gasteiger partial charge in [0.05, 0.1) is 18.3 Å². The molecule has 1 aliphatic heterocycles. The van der Waals surface area contributed by atoms with Crippen LogP contribution in [0.1, 0.15) is 68.8 Å². The highest BCUT2D eigenvalue weighted by Crippen LogP contribution is 2.48. The van der Waals surface area contributed by atoms with E-state index in [0.29, 0.717) is 5.69 Å². The van der Waals surface area contributed by atoms with Crippen molar-refractivity contribution in [2.45, 2.75) is 75.7 Å². The second-order valence-corrected chi connectivity index (χ2v) is 10.3. The Morgan fingerprint density at radius 1 is 1.14 bits per heavy atom. The van der Waals surface area contributed by atoms with Crippen LogP contribution >= 0.6 is 0 Å². The van der Waals surface area contributed by atoms with Crippen LogP contribution in [-0.2, 0) is 9.53 Å². The van der Waals surface area contributed by atoms with Gasteiger partial charge in [0.2, 0.25) is 11.8 Å². The molecule has 6 nitrogen and oxygen atoms in total. The number of amides is 2. The fraction of sp³-hybridized carbons (Fsp3) is 0.500. The zero-order valence-electron chi connectivity index (χ0n) is 20.0. The summed E-state index contributed by atoms with van der Waals surface area (Å²) in [6.45, 7) is 4.89. The van der Waals surface area contributed by atoms with Crippen LogP contribution in [0.2, 0.25) is 0 Å². The maximum atomic E-state index is 14.3. The normalized spacial score (nSPS) is 22.9. The van der Waals surface area contributed by atoms with Crippen LogP contribution in [0.5, 0.6) is 0 Å². The number of carbonyl (C=O) groups excluding carboxylic acids is 2. The Bertz CT molecular complexity index is 1050. The van der Waals surface area contributed by atoms with Gasteiger partial charge in [0.15, 0.2) is 0 Å². The summed E-state index contributed by atoms with van der Waals surface area (Å²) < 4.78 is 46.2. The highest BCUT2D eigenvalue weighted by Gasteiger charge is 2.46. The second kappa shape index (κ2) is 9.51. The number of nitrogens with zero attached hydrogens (tertiary/aromatic N) is 2. The van der Waals surface area contributed by atoms with Crippen molar-refractivity contribution in [1.29, 1.82) is 0 Å². The largest absolute Gasteiger partial charge is 0.444 e. The summed E-state index contributed by atoms with van der Waals surface area (Å²) in [6, 6.07) is 10.9. The molecule has 1 aromatic heterocycles. The van der Waals surface area contributed by atoms with E-state index < -0.39 is 41.8 Å². The number of nitrogens with one attached hydrogen (secondary N) is 1. The number of benzene rings is 1. The van der Waals surface area contributed by atoms with E-state index in [2.05, 4.69) is 10.3 Å². The third kappa shape index (κ3) is 5.94. The standard InChI is InChI=1S/C26H30F3N3O3/c1-25(2,3)35-24(34)32-15-19(27)11-21(32)23(33)31-22(16-7-5-4-6-8-16)20-10-9-17(14-30-20)18-12-26(28,29)13-18/h4-10,14,18-19,21-22H,11-13,15H2,1-3H3,(H,31,33)/t19?,21-,22?/m1/s1. The summed E-state index contributed by atoms with van der Waals surface area (Å²) in [5, 5.41) is 2.91. The van der Waals surface area contributed by atoms with Crippen molar-refractivity contribution in [2.24, 2.45) is 0 Å². The highest BCUT2D eigenvalue weighted by molar-refractivity contribution is 5.87. The fourth-order valence-corrected chi connectivity index (χ4v) is 4.49. The van der Waals surface area contributed by atoms with Crippen LogP contribution in [0.4, 0.5) is 18.0 Å². The van der Waals surface area contributed by atoms with Crippen molar-refractivity contribution >= 4 is 12.0 Å². The molecule has 2 fully saturated rings.